The van der Waals surface area contributed by atoms with Crippen molar-refractivity contribution >= 4 is 45.0 Å². The lowest BCUT2D eigenvalue weighted by molar-refractivity contribution is 0.0929. The molecule has 0 aliphatic heterocycles. The monoisotopic (exact) mass is 476 g/mol. The average molecular weight is 478 g/mol. The first-order valence-corrected chi connectivity index (χ1v) is 10.4. The van der Waals surface area contributed by atoms with Gasteiger partial charge in [0, 0.05) is 22.0 Å². The number of hydrogen-bond acceptors (Lipinski definition) is 2. The van der Waals surface area contributed by atoms with Gasteiger partial charge in [-0.2, -0.15) is 0 Å². The predicted octanol–water partition coefficient (Wildman–Crippen LogP) is 6.30. The van der Waals surface area contributed by atoms with Crippen molar-refractivity contribution in [1.82, 2.24) is 10.3 Å². The minimum absolute atomic E-state index is 0.0644. The lowest BCUT2D eigenvalue weighted by atomic mass is 9.86. The van der Waals surface area contributed by atoms with E-state index < -0.39 is 0 Å². The molecular weight excluding hydrogens is 459 g/mol. The normalized spacial score (nSPS) is 13.0. The molecule has 6 heteroatoms. The number of hydrogen-bond donors (Lipinski definition) is 1. The molecule has 3 nitrogen and oxygen atoms in total. The summed E-state index contributed by atoms with van der Waals surface area (Å²) in [6.07, 6.45) is 0.756. The third-order valence-corrected chi connectivity index (χ3v) is 5.52. The lowest BCUT2D eigenvalue weighted by Crippen LogP contribution is -2.38. The molecule has 0 unspecified atom stereocenters. The zero-order valence-corrected chi connectivity index (χ0v) is 18.3. The number of rotatable bonds is 6. The van der Waals surface area contributed by atoms with E-state index in [1.165, 1.54) is 0 Å². The fraction of sp³-hybridized carbons (Fsp3) is 0.182. The minimum atomic E-state index is -0.205. The highest BCUT2D eigenvalue weighted by Crippen LogP contribution is 2.27. The molecule has 0 fully saturated rings. The van der Waals surface area contributed by atoms with Crippen LogP contribution in [0.1, 0.15) is 34.5 Å². The maximum Gasteiger partial charge on any atom is 0.270 e. The molecule has 0 aliphatic rings. The van der Waals surface area contributed by atoms with Gasteiger partial charge in [-0.3, -0.25) is 4.79 Å². The Bertz CT molecular complexity index is 946. The third-order valence-electron chi connectivity index (χ3n) is 4.58. The van der Waals surface area contributed by atoms with Crippen LogP contribution in [0.15, 0.2) is 71.3 Å². The summed E-state index contributed by atoms with van der Waals surface area (Å²) in [5, 5.41) is 4.47. The molecule has 1 aromatic heterocycles. The summed E-state index contributed by atoms with van der Waals surface area (Å²) >= 11 is 15.4. The maximum atomic E-state index is 12.7. The number of carbonyl (C=O) groups is 1. The largest absolute Gasteiger partial charge is 0.348 e. The van der Waals surface area contributed by atoms with E-state index in [0.29, 0.717) is 20.3 Å². The van der Waals surface area contributed by atoms with Crippen LogP contribution in [0.2, 0.25) is 10.0 Å². The summed E-state index contributed by atoms with van der Waals surface area (Å²) in [5.74, 6) is -0.140. The highest BCUT2D eigenvalue weighted by molar-refractivity contribution is 9.10. The van der Waals surface area contributed by atoms with Crippen LogP contribution in [0, 0.1) is 0 Å². The van der Waals surface area contributed by atoms with E-state index in [-0.39, 0.29) is 17.9 Å². The number of halogens is 3. The molecule has 0 spiro atoms. The van der Waals surface area contributed by atoms with Crippen LogP contribution in [0.25, 0.3) is 0 Å². The Hall–Kier alpha value is -1.88. The Morgan fingerprint density at radius 2 is 1.61 bits per heavy atom. The molecule has 144 valence electrons. The zero-order chi connectivity index (χ0) is 20.1. The highest BCUT2D eigenvalue weighted by Gasteiger charge is 2.23. The zero-order valence-electron chi connectivity index (χ0n) is 15.2. The average Bonchev–Trinajstić information content (AvgIpc) is 2.68. The highest BCUT2D eigenvalue weighted by atomic mass is 79.9. The van der Waals surface area contributed by atoms with Crippen LogP contribution in [-0.4, -0.2) is 16.9 Å². The van der Waals surface area contributed by atoms with E-state index >= 15 is 0 Å². The number of carbonyl (C=O) groups excluding carboxylic acids is 1. The Labute approximate surface area is 183 Å². The molecule has 1 heterocycles. The predicted molar refractivity (Wildman–Crippen MR) is 118 cm³/mol. The van der Waals surface area contributed by atoms with Gasteiger partial charge >= 0.3 is 0 Å². The van der Waals surface area contributed by atoms with Crippen LogP contribution in [-0.2, 0) is 6.42 Å². The summed E-state index contributed by atoms with van der Waals surface area (Å²) in [7, 11) is 0. The van der Waals surface area contributed by atoms with Crippen molar-refractivity contribution in [2.75, 3.05) is 0 Å². The first kappa shape index (κ1) is 20.8. The van der Waals surface area contributed by atoms with E-state index in [9.17, 15) is 4.79 Å². The van der Waals surface area contributed by atoms with Crippen molar-refractivity contribution in [3.8, 4) is 0 Å². The second-order valence-electron chi connectivity index (χ2n) is 6.60. The second kappa shape index (κ2) is 9.55. The summed E-state index contributed by atoms with van der Waals surface area (Å²) in [5.41, 5.74) is 2.63. The molecule has 2 aromatic carbocycles. The van der Waals surface area contributed by atoms with E-state index in [1.54, 1.807) is 18.2 Å². The fourth-order valence-corrected chi connectivity index (χ4v) is 3.68. The van der Waals surface area contributed by atoms with Gasteiger partial charge in [0.1, 0.15) is 10.3 Å². The molecule has 1 amide bonds. The van der Waals surface area contributed by atoms with Crippen LogP contribution in [0.4, 0.5) is 0 Å². The van der Waals surface area contributed by atoms with Crippen molar-refractivity contribution in [3.63, 3.8) is 0 Å². The van der Waals surface area contributed by atoms with Gasteiger partial charge in [0.15, 0.2) is 0 Å². The van der Waals surface area contributed by atoms with E-state index in [4.69, 9.17) is 23.2 Å². The second-order valence-corrected chi connectivity index (χ2v) is 8.28. The molecule has 2 atom stereocenters. The standard InChI is InChI=1S/C22H19BrCl2N2O/c1-14(26-22(28)20-3-2-4-21(23)27-20)19(16-7-11-18(25)12-8-16)13-15-5-9-17(24)10-6-15/h2-12,14,19H,13H2,1H3,(H,26,28)/t14-,19+/m1/s1. The smallest absolute Gasteiger partial charge is 0.270 e. The van der Waals surface area contributed by atoms with E-state index in [1.807, 2.05) is 55.5 Å². The van der Waals surface area contributed by atoms with E-state index in [2.05, 4.69) is 26.2 Å². The van der Waals surface area contributed by atoms with Gasteiger partial charge < -0.3 is 5.32 Å². The quantitative estimate of drug-likeness (QED) is 0.423. The van der Waals surface area contributed by atoms with Gasteiger partial charge in [0.05, 0.1) is 0 Å². The third kappa shape index (κ3) is 5.57. The molecule has 3 aromatic rings. The van der Waals surface area contributed by atoms with Gasteiger partial charge in [-0.05, 0) is 76.8 Å². The molecule has 0 bridgehead atoms. The van der Waals surface area contributed by atoms with E-state index in [0.717, 1.165) is 17.5 Å². The molecule has 0 saturated carbocycles. The van der Waals surface area contributed by atoms with Gasteiger partial charge in [-0.1, -0.05) is 53.5 Å². The number of aromatic nitrogens is 1. The number of nitrogens with one attached hydrogen (secondary N) is 1. The van der Waals surface area contributed by atoms with Gasteiger partial charge in [-0.15, -0.1) is 0 Å². The maximum absolute atomic E-state index is 12.7. The van der Waals surface area contributed by atoms with Gasteiger partial charge in [0.25, 0.3) is 5.91 Å². The first-order chi connectivity index (χ1) is 13.4. The van der Waals surface area contributed by atoms with Crippen molar-refractivity contribution in [3.05, 3.63) is 98.2 Å². The molecule has 0 aliphatic carbocycles. The molecule has 0 saturated heterocycles. The molecule has 0 radical (unpaired) electrons. The first-order valence-electron chi connectivity index (χ1n) is 8.85. The number of nitrogens with zero attached hydrogens (tertiary/aromatic N) is 1. The molecule has 28 heavy (non-hydrogen) atoms. The Kier molecular flexibility index (Phi) is 7.11. The molecule has 3 rings (SSSR count). The summed E-state index contributed by atoms with van der Waals surface area (Å²) < 4.78 is 0.628. The van der Waals surface area contributed by atoms with Crippen molar-refractivity contribution in [1.29, 1.82) is 0 Å². The van der Waals surface area contributed by atoms with Crippen molar-refractivity contribution < 1.29 is 4.79 Å². The van der Waals surface area contributed by atoms with Crippen LogP contribution < -0.4 is 5.32 Å². The summed E-state index contributed by atoms with van der Waals surface area (Å²) in [6.45, 7) is 2.01. The summed E-state index contributed by atoms with van der Waals surface area (Å²) in [4.78, 5) is 16.9. The van der Waals surface area contributed by atoms with Gasteiger partial charge in [-0.25, -0.2) is 4.98 Å². The SMILES string of the molecule is C[C@@H](NC(=O)c1cccc(Br)n1)[C@H](Cc1ccc(Cl)cc1)c1ccc(Cl)cc1. The minimum Gasteiger partial charge on any atom is -0.348 e. The molecular formula is C22H19BrCl2N2O. The fourth-order valence-electron chi connectivity index (χ4n) is 3.08. The van der Waals surface area contributed by atoms with Crippen molar-refractivity contribution in [2.45, 2.75) is 25.3 Å². The Morgan fingerprint density at radius 3 is 2.21 bits per heavy atom. The topological polar surface area (TPSA) is 42.0 Å². The Balaban J connectivity index is 1.83. The molecule has 1 N–H and O–H groups in total. The number of amides is 1. The van der Waals surface area contributed by atoms with Crippen molar-refractivity contribution in [2.24, 2.45) is 0 Å². The van der Waals surface area contributed by atoms with Crippen LogP contribution >= 0.6 is 39.1 Å². The number of benzene rings is 2. The summed E-state index contributed by atoms with van der Waals surface area (Å²) in [6, 6.07) is 20.7. The Morgan fingerprint density at radius 1 is 1.00 bits per heavy atom. The lowest BCUT2D eigenvalue weighted by Gasteiger charge is -2.26. The van der Waals surface area contributed by atoms with Gasteiger partial charge in [0.2, 0.25) is 0 Å². The van der Waals surface area contributed by atoms with Crippen LogP contribution in [0.5, 0.6) is 0 Å². The van der Waals surface area contributed by atoms with Crippen LogP contribution in [0.3, 0.4) is 0 Å². The number of pyridine rings is 1.